The van der Waals surface area contributed by atoms with Crippen LogP contribution in [0.5, 0.6) is 0 Å². The van der Waals surface area contributed by atoms with Crippen molar-refractivity contribution in [3.63, 3.8) is 0 Å². The van der Waals surface area contributed by atoms with Gasteiger partial charge in [0.05, 0.1) is 0 Å². The normalized spacial score (nSPS) is 14.1. The van der Waals surface area contributed by atoms with Gasteiger partial charge in [-0.25, -0.2) is 0 Å². The second-order valence-corrected chi connectivity index (χ2v) is 7.05. The lowest BCUT2D eigenvalue weighted by atomic mass is 9.97. The zero-order chi connectivity index (χ0) is 15.2. The fourth-order valence-corrected chi connectivity index (χ4v) is 3.98. The standard InChI is InChI=1S/C19H25NS/c1-14(2)19(18(20)16-10-5-4-6-11-16)21-13-17-12-8-7-9-15(17)3/h4-12,14,18-19H,13,20H2,1-3H3. The van der Waals surface area contributed by atoms with Crippen LogP contribution in [0.25, 0.3) is 0 Å². The lowest BCUT2D eigenvalue weighted by Gasteiger charge is -2.27. The molecule has 0 saturated heterocycles. The molecule has 0 radical (unpaired) electrons. The second kappa shape index (κ2) is 7.67. The van der Waals surface area contributed by atoms with E-state index in [1.54, 1.807) is 0 Å². The smallest absolute Gasteiger partial charge is 0.0418 e. The van der Waals surface area contributed by atoms with Crippen LogP contribution in [-0.4, -0.2) is 5.25 Å². The molecule has 2 aromatic carbocycles. The van der Waals surface area contributed by atoms with Crippen LogP contribution in [0.15, 0.2) is 54.6 Å². The maximum absolute atomic E-state index is 6.52. The quantitative estimate of drug-likeness (QED) is 0.816. The highest BCUT2D eigenvalue weighted by atomic mass is 32.2. The van der Waals surface area contributed by atoms with Crippen molar-refractivity contribution in [1.82, 2.24) is 0 Å². The Kier molecular flexibility index (Phi) is 5.89. The highest BCUT2D eigenvalue weighted by Crippen LogP contribution is 2.33. The van der Waals surface area contributed by atoms with Crippen LogP contribution in [0.3, 0.4) is 0 Å². The third-order valence-corrected chi connectivity index (χ3v) is 5.59. The number of thioether (sulfide) groups is 1. The summed E-state index contributed by atoms with van der Waals surface area (Å²) >= 11 is 1.97. The van der Waals surface area contributed by atoms with E-state index >= 15 is 0 Å². The van der Waals surface area contributed by atoms with Crippen molar-refractivity contribution in [2.24, 2.45) is 11.7 Å². The molecule has 2 N–H and O–H groups in total. The first-order valence-corrected chi connectivity index (χ1v) is 8.61. The van der Waals surface area contributed by atoms with Crippen molar-refractivity contribution >= 4 is 11.8 Å². The summed E-state index contributed by atoms with van der Waals surface area (Å²) in [4.78, 5) is 0. The van der Waals surface area contributed by atoms with Gasteiger partial charge in [0.1, 0.15) is 0 Å². The van der Waals surface area contributed by atoms with Gasteiger partial charge in [-0.2, -0.15) is 11.8 Å². The fourth-order valence-electron chi connectivity index (χ4n) is 2.53. The predicted octanol–water partition coefficient (Wildman–Crippen LogP) is 4.95. The summed E-state index contributed by atoms with van der Waals surface area (Å²) in [6.07, 6.45) is 0. The summed E-state index contributed by atoms with van der Waals surface area (Å²) in [5, 5.41) is 0.423. The van der Waals surface area contributed by atoms with Crippen molar-refractivity contribution in [1.29, 1.82) is 0 Å². The van der Waals surface area contributed by atoms with Crippen molar-refractivity contribution in [2.75, 3.05) is 0 Å². The van der Waals surface area contributed by atoms with Gasteiger partial charge in [-0.1, -0.05) is 68.4 Å². The summed E-state index contributed by atoms with van der Waals surface area (Å²) < 4.78 is 0. The van der Waals surface area contributed by atoms with Crippen LogP contribution in [0.2, 0.25) is 0 Å². The lowest BCUT2D eigenvalue weighted by Crippen LogP contribution is -2.28. The Morgan fingerprint density at radius 3 is 2.19 bits per heavy atom. The Bertz CT molecular complexity index is 551. The molecule has 2 aromatic rings. The second-order valence-electron chi connectivity index (χ2n) is 5.88. The van der Waals surface area contributed by atoms with E-state index < -0.39 is 0 Å². The van der Waals surface area contributed by atoms with Crippen LogP contribution >= 0.6 is 11.8 Å². The van der Waals surface area contributed by atoms with Gasteiger partial charge < -0.3 is 5.73 Å². The van der Waals surface area contributed by atoms with Crippen molar-refractivity contribution in [3.05, 3.63) is 71.3 Å². The summed E-state index contributed by atoms with van der Waals surface area (Å²) in [7, 11) is 0. The highest BCUT2D eigenvalue weighted by molar-refractivity contribution is 7.99. The number of rotatable bonds is 6. The van der Waals surface area contributed by atoms with E-state index in [-0.39, 0.29) is 6.04 Å². The minimum atomic E-state index is 0.0835. The van der Waals surface area contributed by atoms with Crippen LogP contribution in [0.4, 0.5) is 0 Å². The molecule has 0 aliphatic rings. The topological polar surface area (TPSA) is 26.0 Å². The van der Waals surface area contributed by atoms with Crippen LogP contribution in [-0.2, 0) is 5.75 Å². The predicted molar refractivity (Wildman–Crippen MR) is 94.5 cm³/mol. The van der Waals surface area contributed by atoms with Gasteiger partial charge in [-0.15, -0.1) is 0 Å². The molecule has 0 aliphatic carbocycles. The van der Waals surface area contributed by atoms with Crippen LogP contribution in [0.1, 0.15) is 36.6 Å². The number of hydrogen-bond acceptors (Lipinski definition) is 2. The van der Waals surface area contributed by atoms with Crippen LogP contribution < -0.4 is 5.73 Å². The molecule has 112 valence electrons. The SMILES string of the molecule is Cc1ccccc1CSC(C(C)C)C(N)c1ccccc1. The van der Waals surface area contributed by atoms with E-state index in [1.807, 2.05) is 17.8 Å². The van der Waals surface area contributed by atoms with Gasteiger partial charge in [0.25, 0.3) is 0 Å². The van der Waals surface area contributed by atoms with E-state index in [0.717, 1.165) is 5.75 Å². The maximum atomic E-state index is 6.52. The van der Waals surface area contributed by atoms with E-state index in [2.05, 4.69) is 69.3 Å². The summed E-state index contributed by atoms with van der Waals surface area (Å²) in [5.74, 6) is 1.57. The molecular weight excluding hydrogens is 274 g/mol. The minimum absolute atomic E-state index is 0.0835. The van der Waals surface area contributed by atoms with Gasteiger partial charge in [0.2, 0.25) is 0 Å². The van der Waals surface area contributed by atoms with Crippen molar-refractivity contribution in [2.45, 2.75) is 37.8 Å². The molecule has 2 unspecified atom stereocenters. The molecule has 0 fully saturated rings. The molecule has 0 bridgehead atoms. The van der Waals surface area contributed by atoms with Gasteiger partial charge in [0.15, 0.2) is 0 Å². The highest BCUT2D eigenvalue weighted by Gasteiger charge is 2.23. The van der Waals surface area contributed by atoms with E-state index in [0.29, 0.717) is 11.2 Å². The molecular formula is C19H25NS. The molecule has 0 spiro atoms. The Hall–Kier alpha value is -1.25. The van der Waals surface area contributed by atoms with E-state index in [4.69, 9.17) is 5.73 Å². The third-order valence-electron chi connectivity index (χ3n) is 3.89. The van der Waals surface area contributed by atoms with E-state index in [9.17, 15) is 0 Å². The molecule has 0 aliphatic heterocycles. The molecule has 2 rings (SSSR count). The van der Waals surface area contributed by atoms with Crippen molar-refractivity contribution in [3.8, 4) is 0 Å². The third kappa shape index (κ3) is 4.36. The Morgan fingerprint density at radius 2 is 1.57 bits per heavy atom. The van der Waals surface area contributed by atoms with Gasteiger partial charge in [-0.05, 0) is 29.5 Å². The van der Waals surface area contributed by atoms with E-state index in [1.165, 1.54) is 16.7 Å². The largest absolute Gasteiger partial charge is 0.323 e. The molecule has 2 atom stereocenters. The number of hydrogen-bond donors (Lipinski definition) is 1. The maximum Gasteiger partial charge on any atom is 0.0418 e. The molecule has 1 nitrogen and oxygen atoms in total. The summed E-state index contributed by atoms with van der Waals surface area (Å²) in [5.41, 5.74) is 10.5. The molecule has 0 heterocycles. The zero-order valence-electron chi connectivity index (χ0n) is 13.1. The average molecular weight is 299 g/mol. The first kappa shape index (κ1) is 16.1. The number of aryl methyl sites for hydroxylation is 1. The average Bonchev–Trinajstić information content (AvgIpc) is 2.49. The first-order valence-electron chi connectivity index (χ1n) is 7.56. The summed E-state index contributed by atoms with van der Waals surface area (Å²) in [6, 6.07) is 19.1. The zero-order valence-corrected chi connectivity index (χ0v) is 13.9. The first-order chi connectivity index (χ1) is 10.1. The number of benzene rings is 2. The molecule has 21 heavy (non-hydrogen) atoms. The lowest BCUT2D eigenvalue weighted by molar-refractivity contribution is 0.527. The summed E-state index contributed by atoms with van der Waals surface area (Å²) in [6.45, 7) is 6.70. The molecule has 0 aromatic heterocycles. The Morgan fingerprint density at radius 1 is 0.952 bits per heavy atom. The monoisotopic (exact) mass is 299 g/mol. The number of nitrogens with two attached hydrogens (primary N) is 1. The van der Waals surface area contributed by atoms with Gasteiger partial charge in [0, 0.05) is 17.0 Å². The minimum Gasteiger partial charge on any atom is -0.323 e. The molecule has 0 amide bonds. The van der Waals surface area contributed by atoms with Gasteiger partial charge in [-0.3, -0.25) is 0 Å². The molecule has 0 saturated carbocycles. The van der Waals surface area contributed by atoms with Crippen LogP contribution in [0, 0.1) is 12.8 Å². The fraction of sp³-hybridized carbons (Fsp3) is 0.368. The molecule has 2 heteroatoms. The van der Waals surface area contributed by atoms with Crippen molar-refractivity contribution < 1.29 is 0 Å². The Balaban J connectivity index is 2.08. The van der Waals surface area contributed by atoms with Gasteiger partial charge >= 0.3 is 0 Å². The Labute approximate surface area is 133 Å².